The first-order valence-corrected chi connectivity index (χ1v) is 8.31. The molecule has 3 aromatic heterocycles. The Balaban J connectivity index is 1.85. The van der Waals surface area contributed by atoms with Crippen LogP contribution in [0.25, 0.3) is 0 Å². The lowest BCUT2D eigenvalue weighted by molar-refractivity contribution is 0.655. The number of nitrogens with zero attached hydrogens (tertiary/aromatic N) is 3. The van der Waals surface area contributed by atoms with Gasteiger partial charge in [0.1, 0.15) is 0 Å². The van der Waals surface area contributed by atoms with Crippen LogP contribution in [0.4, 0.5) is 0 Å². The molecular formula is C18H18N4O2S. The molecule has 0 aliphatic carbocycles. The average molecular weight is 354 g/mol. The van der Waals surface area contributed by atoms with Gasteiger partial charge in [-0.05, 0) is 48.0 Å². The molecular weight excluding hydrogens is 336 g/mol. The molecule has 0 bridgehead atoms. The van der Waals surface area contributed by atoms with Crippen molar-refractivity contribution in [2.24, 2.45) is 7.05 Å². The Morgan fingerprint density at radius 2 is 1.92 bits per heavy atom. The van der Waals surface area contributed by atoms with Crippen LogP contribution in [0, 0.1) is 4.77 Å². The highest BCUT2D eigenvalue weighted by Gasteiger charge is 2.06. The summed E-state index contributed by atoms with van der Waals surface area (Å²) < 4.78 is 3.74. The molecule has 0 aromatic carbocycles. The zero-order chi connectivity index (χ0) is 17.8. The topological polar surface area (TPSA) is 72.7 Å². The van der Waals surface area contributed by atoms with Crippen molar-refractivity contribution >= 4 is 12.2 Å². The SMILES string of the molecule is Cn1ccc(Cc2cn(CCc3ccncc3)c(=S)[nH]c2=O)cc1=O. The van der Waals surface area contributed by atoms with E-state index in [1.807, 2.05) is 22.8 Å². The fourth-order valence-corrected chi connectivity index (χ4v) is 2.80. The molecule has 3 aromatic rings. The monoisotopic (exact) mass is 354 g/mol. The Morgan fingerprint density at radius 3 is 2.64 bits per heavy atom. The van der Waals surface area contributed by atoms with Gasteiger partial charge < -0.3 is 9.13 Å². The van der Waals surface area contributed by atoms with E-state index in [0.717, 1.165) is 17.5 Å². The van der Waals surface area contributed by atoms with Crippen LogP contribution in [0.1, 0.15) is 16.7 Å². The molecule has 3 rings (SSSR count). The second kappa shape index (κ2) is 7.40. The number of H-pyrrole nitrogens is 1. The van der Waals surface area contributed by atoms with Gasteiger partial charge in [-0.3, -0.25) is 19.6 Å². The Labute approximate surface area is 149 Å². The molecule has 6 nitrogen and oxygen atoms in total. The molecule has 0 atom stereocenters. The van der Waals surface area contributed by atoms with E-state index in [4.69, 9.17) is 12.2 Å². The van der Waals surface area contributed by atoms with Crippen molar-refractivity contribution < 1.29 is 0 Å². The minimum absolute atomic E-state index is 0.0978. The standard InChI is InChI=1S/C18H18N4O2S/c1-21-8-4-14(11-16(21)23)10-15-12-22(18(25)20-17(15)24)9-5-13-2-6-19-7-3-13/h2-4,6-8,11-12H,5,9-10H2,1H3,(H,20,24,25). The first kappa shape index (κ1) is 17.0. The summed E-state index contributed by atoms with van der Waals surface area (Å²) in [5.41, 5.74) is 2.21. The van der Waals surface area contributed by atoms with Gasteiger partial charge in [-0.2, -0.15) is 0 Å². The first-order chi connectivity index (χ1) is 12.0. The van der Waals surface area contributed by atoms with E-state index in [1.165, 1.54) is 4.57 Å². The molecule has 0 saturated carbocycles. The van der Waals surface area contributed by atoms with Gasteiger partial charge in [0, 0.05) is 56.4 Å². The Kier molecular flexibility index (Phi) is 5.04. The summed E-state index contributed by atoms with van der Waals surface area (Å²) in [6, 6.07) is 7.29. The summed E-state index contributed by atoms with van der Waals surface area (Å²) in [6.45, 7) is 0.656. The maximum atomic E-state index is 12.2. The minimum Gasteiger partial charge on any atom is -0.325 e. The van der Waals surface area contributed by atoms with E-state index in [1.54, 1.807) is 37.9 Å². The van der Waals surface area contributed by atoms with Crippen molar-refractivity contribution in [1.29, 1.82) is 0 Å². The fourth-order valence-electron chi connectivity index (χ4n) is 2.56. The van der Waals surface area contributed by atoms with Gasteiger partial charge in [0.2, 0.25) is 0 Å². The van der Waals surface area contributed by atoms with Gasteiger partial charge in [-0.1, -0.05) is 0 Å². The molecule has 7 heteroatoms. The van der Waals surface area contributed by atoms with Crippen LogP contribution in [0.3, 0.4) is 0 Å². The van der Waals surface area contributed by atoms with Gasteiger partial charge in [0.25, 0.3) is 11.1 Å². The third-order valence-electron chi connectivity index (χ3n) is 4.04. The molecule has 0 amide bonds. The van der Waals surface area contributed by atoms with Crippen LogP contribution in [0.15, 0.2) is 58.6 Å². The molecule has 1 N–H and O–H groups in total. The lowest BCUT2D eigenvalue weighted by Crippen LogP contribution is -2.20. The van der Waals surface area contributed by atoms with E-state index in [9.17, 15) is 9.59 Å². The molecule has 3 heterocycles. The largest absolute Gasteiger partial charge is 0.325 e. The molecule has 0 aliphatic rings. The highest BCUT2D eigenvalue weighted by Crippen LogP contribution is 2.05. The van der Waals surface area contributed by atoms with Crippen LogP contribution in [0.2, 0.25) is 0 Å². The van der Waals surface area contributed by atoms with Gasteiger partial charge in [-0.25, -0.2) is 0 Å². The third kappa shape index (κ3) is 4.19. The Bertz CT molecular complexity index is 1050. The van der Waals surface area contributed by atoms with Gasteiger partial charge >= 0.3 is 0 Å². The number of nitrogens with one attached hydrogen (secondary N) is 1. The molecule has 25 heavy (non-hydrogen) atoms. The smallest absolute Gasteiger partial charge is 0.255 e. The van der Waals surface area contributed by atoms with Crippen LogP contribution in [-0.2, 0) is 26.4 Å². The molecule has 0 aliphatic heterocycles. The maximum Gasteiger partial charge on any atom is 0.255 e. The van der Waals surface area contributed by atoms with Crippen molar-refractivity contribution in [1.82, 2.24) is 19.1 Å². The zero-order valence-electron chi connectivity index (χ0n) is 13.8. The van der Waals surface area contributed by atoms with E-state index in [0.29, 0.717) is 23.3 Å². The molecule has 0 saturated heterocycles. The first-order valence-electron chi connectivity index (χ1n) is 7.90. The quantitative estimate of drug-likeness (QED) is 0.710. The van der Waals surface area contributed by atoms with E-state index in [2.05, 4.69) is 9.97 Å². The summed E-state index contributed by atoms with van der Waals surface area (Å²) in [7, 11) is 1.69. The maximum absolute atomic E-state index is 12.2. The van der Waals surface area contributed by atoms with Crippen molar-refractivity contribution in [2.45, 2.75) is 19.4 Å². The summed E-state index contributed by atoms with van der Waals surface area (Å²) in [5, 5.41) is 0. The zero-order valence-corrected chi connectivity index (χ0v) is 14.6. The molecule has 0 unspecified atom stereocenters. The number of aromatic nitrogens is 4. The number of hydrogen-bond acceptors (Lipinski definition) is 4. The number of hydrogen-bond donors (Lipinski definition) is 1. The van der Waals surface area contributed by atoms with E-state index in [-0.39, 0.29) is 11.1 Å². The normalized spacial score (nSPS) is 10.8. The Hall–Kier alpha value is -2.80. The predicted octanol–water partition coefficient (Wildman–Crippen LogP) is 1.83. The summed E-state index contributed by atoms with van der Waals surface area (Å²) in [5.74, 6) is 0. The number of aryl methyl sites for hydroxylation is 3. The second-order valence-corrected chi connectivity index (χ2v) is 6.26. The number of rotatable bonds is 5. The van der Waals surface area contributed by atoms with Crippen molar-refractivity contribution in [3.05, 3.63) is 91.2 Å². The second-order valence-electron chi connectivity index (χ2n) is 5.87. The van der Waals surface area contributed by atoms with Gasteiger partial charge in [0.15, 0.2) is 4.77 Å². The average Bonchev–Trinajstić information content (AvgIpc) is 2.60. The van der Waals surface area contributed by atoms with Crippen LogP contribution < -0.4 is 11.1 Å². The van der Waals surface area contributed by atoms with Crippen LogP contribution in [-0.4, -0.2) is 19.1 Å². The van der Waals surface area contributed by atoms with Gasteiger partial charge in [0.05, 0.1) is 0 Å². The Morgan fingerprint density at radius 1 is 1.16 bits per heavy atom. The van der Waals surface area contributed by atoms with Gasteiger partial charge in [-0.15, -0.1) is 0 Å². The lowest BCUT2D eigenvalue weighted by atomic mass is 10.1. The molecule has 128 valence electrons. The van der Waals surface area contributed by atoms with Crippen molar-refractivity contribution in [2.75, 3.05) is 0 Å². The highest BCUT2D eigenvalue weighted by molar-refractivity contribution is 7.71. The molecule has 0 fully saturated rings. The third-order valence-corrected chi connectivity index (χ3v) is 4.38. The summed E-state index contributed by atoms with van der Waals surface area (Å²) in [6.07, 6.45) is 8.15. The van der Waals surface area contributed by atoms with E-state index >= 15 is 0 Å². The molecule has 0 radical (unpaired) electrons. The fraction of sp³-hybridized carbons (Fsp3) is 0.222. The highest BCUT2D eigenvalue weighted by atomic mass is 32.1. The minimum atomic E-state index is -0.217. The summed E-state index contributed by atoms with van der Waals surface area (Å²) in [4.78, 5) is 30.7. The lowest BCUT2D eigenvalue weighted by Gasteiger charge is -2.09. The van der Waals surface area contributed by atoms with E-state index < -0.39 is 0 Å². The predicted molar refractivity (Wildman–Crippen MR) is 98.3 cm³/mol. The van der Waals surface area contributed by atoms with Crippen molar-refractivity contribution in [3.63, 3.8) is 0 Å². The summed E-state index contributed by atoms with van der Waals surface area (Å²) >= 11 is 5.26. The molecule has 0 spiro atoms. The number of pyridine rings is 2. The van der Waals surface area contributed by atoms with Crippen LogP contribution >= 0.6 is 12.2 Å². The van der Waals surface area contributed by atoms with Crippen molar-refractivity contribution in [3.8, 4) is 0 Å². The number of aromatic amines is 1. The van der Waals surface area contributed by atoms with Crippen LogP contribution in [0.5, 0.6) is 0 Å².